The highest BCUT2D eigenvalue weighted by atomic mass is 16.4. The standard InChI is InChI=1S/C20H21N3O3/c24-19(14-23-17-5-1-2-6-18(17)26-20(23)25)22-13-3-4-16(22)8-7-15-9-11-21-12-10-15/h1-2,5-6,9-12,16H,3-4,7-8,13-14H2/t16-/m0/s1. The topological polar surface area (TPSA) is 68.3 Å². The molecule has 1 aliphatic heterocycles. The number of fused-ring (bicyclic) bond motifs is 1. The summed E-state index contributed by atoms with van der Waals surface area (Å²) in [6, 6.07) is 11.4. The maximum Gasteiger partial charge on any atom is 0.420 e. The summed E-state index contributed by atoms with van der Waals surface area (Å²) in [5.41, 5.74) is 2.41. The second kappa shape index (κ2) is 7.15. The molecule has 26 heavy (non-hydrogen) atoms. The van der Waals surface area contributed by atoms with Crippen LogP contribution in [0.5, 0.6) is 0 Å². The quantitative estimate of drug-likeness (QED) is 0.709. The molecule has 134 valence electrons. The predicted molar refractivity (Wildman–Crippen MR) is 97.8 cm³/mol. The second-order valence-corrected chi connectivity index (χ2v) is 6.70. The Morgan fingerprint density at radius 1 is 1.19 bits per heavy atom. The van der Waals surface area contributed by atoms with Crippen molar-refractivity contribution in [2.24, 2.45) is 0 Å². The highest BCUT2D eigenvalue weighted by Gasteiger charge is 2.29. The molecule has 0 radical (unpaired) electrons. The molecule has 3 aromatic rings. The van der Waals surface area contributed by atoms with Gasteiger partial charge in [0.2, 0.25) is 5.91 Å². The van der Waals surface area contributed by atoms with Crippen LogP contribution in [0.15, 0.2) is 58.0 Å². The number of aryl methyl sites for hydroxylation is 1. The monoisotopic (exact) mass is 351 g/mol. The second-order valence-electron chi connectivity index (χ2n) is 6.70. The SMILES string of the molecule is O=C(Cn1c(=O)oc2ccccc21)N1CCC[C@H]1CCc1ccncc1. The zero-order valence-electron chi connectivity index (χ0n) is 14.5. The smallest absolute Gasteiger partial charge is 0.408 e. The zero-order chi connectivity index (χ0) is 17.9. The average molecular weight is 351 g/mol. The van der Waals surface area contributed by atoms with Gasteiger partial charge in [0.05, 0.1) is 5.52 Å². The van der Waals surface area contributed by atoms with Gasteiger partial charge in [-0.25, -0.2) is 4.79 Å². The van der Waals surface area contributed by atoms with Gasteiger partial charge in [0.25, 0.3) is 0 Å². The van der Waals surface area contributed by atoms with Crippen molar-refractivity contribution in [1.29, 1.82) is 0 Å². The summed E-state index contributed by atoms with van der Waals surface area (Å²) in [7, 11) is 0. The molecule has 1 amide bonds. The Kier molecular flexibility index (Phi) is 4.56. The first kappa shape index (κ1) is 16.6. The first-order valence-electron chi connectivity index (χ1n) is 8.99. The van der Waals surface area contributed by atoms with E-state index in [9.17, 15) is 9.59 Å². The molecule has 0 aliphatic carbocycles. The fraction of sp³-hybridized carbons (Fsp3) is 0.350. The van der Waals surface area contributed by atoms with Crippen molar-refractivity contribution in [2.45, 2.75) is 38.3 Å². The van der Waals surface area contributed by atoms with Crippen LogP contribution in [0.1, 0.15) is 24.8 Å². The largest absolute Gasteiger partial charge is 0.420 e. The fourth-order valence-corrected chi connectivity index (χ4v) is 3.74. The Hall–Kier alpha value is -2.89. The molecule has 3 heterocycles. The minimum atomic E-state index is -0.480. The number of carbonyl (C=O) groups excluding carboxylic acids is 1. The molecule has 1 fully saturated rings. The average Bonchev–Trinajstić information content (AvgIpc) is 3.26. The van der Waals surface area contributed by atoms with Crippen LogP contribution in [0.3, 0.4) is 0 Å². The Morgan fingerprint density at radius 2 is 2.00 bits per heavy atom. The van der Waals surface area contributed by atoms with Crippen molar-refractivity contribution in [3.63, 3.8) is 0 Å². The lowest BCUT2D eigenvalue weighted by atomic mass is 10.0. The van der Waals surface area contributed by atoms with Crippen LogP contribution >= 0.6 is 0 Å². The maximum absolute atomic E-state index is 12.8. The molecule has 0 spiro atoms. The lowest BCUT2D eigenvalue weighted by molar-refractivity contribution is -0.132. The van der Waals surface area contributed by atoms with E-state index >= 15 is 0 Å². The Bertz CT molecular complexity index is 961. The van der Waals surface area contributed by atoms with Crippen LogP contribution < -0.4 is 5.76 Å². The van der Waals surface area contributed by atoms with Gasteiger partial charge in [0, 0.05) is 25.0 Å². The van der Waals surface area contributed by atoms with E-state index in [0.29, 0.717) is 11.1 Å². The minimum absolute atomic E-state index is 0.0177. The molecule has 6 heteroatoms. The Balaban J connectivity index is 1.46. The number of pyridine rings is 1. The van der Waals surface area contributed by atoms with Gasteiger partial charge < -0.3 is 9.32 Å². The zero-order valence-corrected chi connectivity index (χ0v) is 14.5. The highest BCUT2D eigenvalue weighted by Crippen LogP contribution is 2.23. The van der Waals surface area contributed by atoms with Crippen molar-refractivity contribution in [1.82, 2.24) is 14.5 Å². The van der Waals surface area contributed by atoms with E-state index in [2.05, 4.69) is 4.98 Å². The number of hydrogen-bond acceptors (Lipinski definition) is 4. The maximum atomic E-state index is 12.8. The number of carbonyl (C=O) groups is 1. The molecule has 1 atom stereocenters. The molecular formula is C20H21N3O3. The predicted octanol–water partition coefficient (Wildman–Crippen LogP) is 2.61. The van der Waals surface area contributed by atoms with Crippen LogP contribution in [0.4, 0.5) is 0 Å². The van der Waals surface area contributed by atoms with E-state index < -0.39 is 5.76 Å². The summed E-state index contributed by atoms with van der Waals surface area (Å²) in [4.78, 5) is 30.9. The third-order valence-corrected chi connectivity index (χ3v) is 5.08. The summed E-state index contributed by atoms with van der Waals surface area (Å²) in [6.07, 6.45) is 7.46. The molecule has 0 N–H and O–H groups in total. The molecule has 0 unspecified atom stereocenters. The summed E-state index contributed by atoms with van der Waals surface area (Å²) >= 11 is 0. The van der Waals surface area contributed by atoms with Crippen LogP contribution in [0.25, 0.3) is 11.1 Å². The summed E-state index contributed by atoms with van der Waals surface area (Å²) < 4.78 is 6.65. The number of oxazole rings is 1. The van der Waals surface area contributed by atoms with Gasteiger partial charge in [0.1, 0.15) is 6.54 Å². The number of amides is 1. The first-order chi connectivity index (χ1) is 12.7. The van der Waals surface area contributed by atoms with E-state index in [-0.39, 0.29) is 18.5 Å². The summed E-state index contributed by atoms with van der Waals surface area (Å²) in [5, 5.41) is 0. The molecule has 0 saturated carbocycles. The number of benzene rings is 1. The van der Waals surface area contributed by atoms with Gasteiger partial charge in [-0.15, -0.1) is 0 Å². The summed E-state index contributed by atoms with van der Waals surface area (Å²) in [5.74, 6) is -0.497. The van der Waals surface area contributed by atoms with Crippen molar-refractivity contribution in [2.75, 3.05) is 6.54 Å². The molecule has 2 aromatic heterocycles. The number of hydrogen-bond donors (Lipinski definition) is 0. The summed E-state index contributed by atoms with van der Waals surface area (Å²) in [6.45, 7) is 0.784. The van der Waals surface area contributed by atoms with Crippen LogP contribution in [0, 0.1) is 0 Å². The van der Waals surface area contributed by atoms with E-state index in [1.165, 1.54) is 10.1 Å². The van der Waals surface area contributed by atoms with Gasteiger partial charge in [-0.3, -0.25) is 14.3 Å². The number of para-hydroxylation sites is 2. The van der Waals surface area contributed by atoms with Crippen LogP contribution in [-0.4, -0.2) is 32.9 Å². The van der Waals surface area contributed by atoms with Crippen LogP contribution in [0.2, 0.25) is 0 Å². The molecule has 1 aromatic carbocycles. The molecule has 0 bridgehead atoms. The normalized spacial score (nSPS) is 17.1. The van der Waals surface area contributed by atoms with Crippen molar-refractivity contribution >= 4 is 17.0 Å². The Labute approximate surface area is 151 Å². The Morgan fingerprint density at radius 3 is 2.85 bits per heavy atom. The van der Waals surface area contributed by atoms with E-state index in [0.717, 1.165) is 32.2 Å². The first-order valence-corrected chi connectivity index (χ1v) is 8.99. The minimum Gasteiger partial charge on any atom is -0.408 e. The fourth-order valence-electron chi connectivity index (χ4n) is 3.74. The van der Waals surface area contributed by atoms with E-state index in [4.69, 9.17) is 4.42 Å². The lowest BCUT2D eigenvalue weighted by Crippen LogP contribution is -2.39. The number of nitrogens with zero attached hydrogens (tertiary/aromatic N) is 3. The van der Waals surface area contributed by atoms with Gasteiger partial charge in [-0.05, 0) is 55.5 Å². The lowest BCUT2D eigenvalue weighted by Gasteiger charge is -2.25. The third-order valence-electron chi connectivity index (χ3n) is 5.08. The third kappa shape index (κ3) is 3.27. The molecule has 6 nitrogen and oxygen atoms in total. The number of likely N-dealkylation sites (tertiary alicyclic amines) is 1. The molecule has 4 rings (SSSR count). The van der Waals surface area contributed by atoms with Gasteiger partial charge >= 0.3 is 5.76 Å². The van der Waals surface area contributed by atoms with Crippen molar-refractivity contribution < 1.29 is 9.21 Å². The van der Waals surface area contributed by atoms with Crippen molar-refractivity contribution in [3.05, 3.63) is 64.9 Å². The van der Waals surface area contributed by atoms with Gasteiger partial charge in [0.15, 0.2) is 5.58 Å². The number of rotatable bonds is 5. The molecule has 1 saturated heterocycles. The van der Waals surface area contributed by atoms with Gasteiger partial charge in [-0.1, -0.05) is 12.1 Å². The van der Waals surface area contributed by atoms with Crippen molar-refractivity contribution in [3.8, 4) is 0 Å². The number of aromatic nitrogens is 2. The molecule has 1 aliphatic rings. The van der Waals surface area contributed by atoms with E-state index in [1.807, 2.05) is 29.2 Å². The van der Waals surface area contributed by atoms with E-state index in [1.54, 1.807) is 24.5 Å². The highest BCUT2D eigenvalue weighted by molar-refractivity contribution is 5.80. The molecular weight excluding hydrogens is 330 g/mol. The van der Waals surface area contributed by atoms with Crippen LogP contribution in [-0.2, 0) is 17.8 Å². The van der Waals surface area contributed by atoms with Gasteiger partial charge in [-0.2, -0.15) is 0 Å².